The van der Waals surface area contributed by atoms with Gasteiger partial charge in [-0.1, -0.05) is 23.8 Å². The molecule has 1 aliphatic carbocycles. The monoisotopic (exact) mass is 246 g/mol. The van der Waals surface area contributed by atoms with Crippen LogP contribution in [0.1, 0.15) is 41.9 Å². The fraction of sp³-hybridized carbons (Fsp3) is 0.467. The molecular weight excluding hydrogens is 228 g/mol. The lowest BCUT2D eigenvalue weighted by Crippen LogP contribution is -2.29. The van der Waals surface area contributed by atoms with Crippen LogP contribution < -0.4 is 0 Å². The molecule has 0 radical (unpaired) electrons. The van der Waals surface area contributed by atoms with Gasteiger partial charge in [-0.2, -0.15) is 0 Å². The predicted octanol–water partition coefficient (Wildman–Crippen LogP) is 2.84. The number of hydrogen-bond acceptors (Lipinski definition) is 2. The number of hydrogen-bond donors (Lipinski definition) is 1. The van der Waals surface area contributed by atoms with Crippen molar-refractivity contribution in [2.45, 2.75) is 39.0 Å². The summed E-state index contributed by atoms with van der Waals surface area (Å²) in [4.78, 5) is 22.9. The van der Waals surface area contributed by atoms with Gasteiger partial charge >= 0.3 is 5.97 Å². The molecule has 18 heavy (non-hydrogen) atoms. The average Bonchev–Trinajstić information content (AvgIpc) is 2.31. The fourth-order valence-electron chi connectivity index (χ4n) is 2.79. The maximum Gasteiger partial charge on any atom is 0.307 e. The van der Waals surface area contributed by atoms with Gasteiger partial charge in [0.25, 0.3) is 0 Å². The van der Waals surface area contributed by atoms with Gasteiger partial charge in [0.15, 0.2) is 0 Å². The van der Waals surface area contributed by atoms with Crippen LogP contribution in [0.3, 0.4) is 0 Å². The second kappa shape index (κ2) is 4.92. The van der Waals surface area contributed by atoms with Gasteiger partial charge in [0.1, 0.15) is 5.78 Å². The lowest BCUT2D eigenvalue weighted by molar-refractivity contribution is -0.144. The number of aryl methyl sites for hydroxylation is 2. The van der Waals surface area contributed by atoms with Crippen LogP contribution >= 0.6 is 0 Å². The van der Waals surface area contributed by atoms with E-state index in [1.807, 2.05) is 32.0 Å². The van der Waals surface area contributed by atoms with Crippen LogP contribution in [0.4, 0.5) is 0 Å². The van der Waals surface area contributed by atoms with E-state index < -0.39 is 11.9 Å². The summed E-state index contributed by atoms with van der Waals surface area (Å²) < 4.78 is 0. The van der Waals surface area contributed by atoms with E-state index >= 15 is 0 Å². The fourth-order valence-corrected chi connectivity index (χ4v) is 2.79. The summed E-state index contributed by atoms with van der Waals surface area (Å²) in [5.41, 5.74) is 3.21. The molecule has 0 bridgehead atoms. The molecule has 1 aromatic carbocycles. The van der Waals surface area contributed by atoms with Crippen molar-refractivity contribution >= 4 is 11.8 Å². The Balaban J connectivity index is 2.40. The van der Waals surface area contributed by atoms with Crippen molar-refractivity contribution in [1.82, 2.24) is 0 Å². The number of benzene rings is 1. The molecule has 1 saturated carbocycles. The van der Waals surface area contributed by atoms with E-state index in [1.165, 1.54) is 0 Å². The molecule has 96 valence electrons. The zero-order valence-corrected chi connectivity index (χ0v) is 10.8. The molecule has 1 fully saturated rings. The molecule has 0 spiro atoms. The third-order valence-corrected chi connectivity index (χ3v) is 3.82. The van der Waals surface area contributed by atoms with Gasteiger partial charge < -0.3 is 5.11 Å². The Kier molecular flexibility index (Phi) is 3.50. The number of carboxylic acids is 1. The van der Waals surface area contributed by atoms with Crippen molar-refractivity contribution in [1.29, 1.82) is 0 Å². The molecule has 1 aliphatic rings. The van der Waals surface area contributed by atoms with Gasteiger partial charge in [-0.3, -0.25) is 9.59 Å². The summed E-state index contributed by atoms with van der Waals surface area (Å²) in [6.07, 6.45) is 1.23. The van der Waals surface area contributed by atoms with E-state index in [9.17, 15) is 14.7 Å². The summed E-state index contributed by atoms with van der Waals surface area (Å²) in [6.45, 7) is 3.97. The summed E-state index contributed by atoms with van der Waals surface area (Å²) in [7, 11) is 0. The van der Waals surface area contributed by atoms with Gasteiger partial charge in [-0.05, 0) is 31.4 Å². The van der Waals surface area contributed by atoms with Crippen molar-refractivity contribution in [2.75, 3.05) is 0 Å². The molecule has 1 aromatic rings. The topological polar surface area (TPSA) is 54.4 Å². The van der Waals surface area contributed by atoms with Crippen LogP contribution in [0.5, 0.6) is 0 Å². The Bertz CT molecular complexity index is 491. The van der Waals surface area contributed by atoms with Crippen molar-refractivity contribution in [3.8, 4) is 0 Å². The molecule has 2 rings (SSSR count). The lowest BCUT2D eigenvalue weighted by atomic mass is 9.73. The van der Waals surface area contributed by atoms with Crippen molar-refractivity contribution in [2.24, 2.45) is 5.92 Å². The van der Waals surface area contributed by atoms with Crippen molar-refractivity contribution in [3.05, 3.63) is 34.9 Å². The molecule has 2 unspecified atom stereocenters. The van der Waals surface area contributed by atoms with Crippen LogP contribution in [-0.2, 0) is 9.59 Å². The molecule has 3 heteroatoms. The summed E-state index contributed by atoms with van der Waals surface area (Å²) >= 11 is 0. The highest BCUT2D eigenvalue weighted by Crippen LogP contribution is 2.38. The normalized spacial score (nSPS) is 24.0. The minimum atomic E-state index is -0.784. The summed E-state index contributed by atoms with van der Waals surface area (Å²) in [5, 5.41) is 9.31. The molecule has 0 saturated heterocycles. The third kappa shape index (κ3) is 2.45. The Morgan fingerprint density at radius 1 is 1.33 bits per heavy atom. The Hall–Kier alpha value is -1.64. The Morgan fingerprint density at radius 2 is 2.06 bits per heavy atom. The first kappa shape index (κ1) is 12.8. The standard InChI is InChI=1S/C15H18O3/c1-9-3-4-10(2)13(7-9)14-8-11(16)5-6-12(14)15(17)18/h3-4,7,12,14H,5-6,8H2,1-2H3,(H,17,18). The van der Waals surface area contributed by atoms with E-state index in [1.54, 1.807) is 0 Å². The van der Waals surface area contributed by atoms with E-state index in [-0.39, 0.29) is 11.7 Å². The van der Waals surface area contributed by atoms with E-state index in [2.05, 4.69) is 0 Å². The number of carbonyl (C=O) groups excluding carboxylic acids is 1. The maximum absolute atomic E-state index is 11.6. The molecular formula is C15H18O3. The lowest BCUT2D eigenvalue weighted by Gasteiger charge is -2.29. The number of carboxylic acid groups (broad SMARTS) is 1. The number of ketones is 1. The van der Waals surface area contributed by atoms with Crippen LogP contribution in [0.2, 0.25) is 0 Å². The van der Waals surface area contributed by atoms with E-state index in [4.69, 9.17) is 0 Å². The first-order valence-corrected chi connectivity index (χ1v) is 6.30. The quantitative estimate of drug-likeness (QED) is 0.873. The number of Topliss-reactive ketones (excluding diaryl/α,β-unsaturated/α-hetero) is 1. The van der Waals surface area contributed by atoms with Gasteiger partial charge in [0.2, 0.25) is 0 Å². The molecule has 0 heterocycles. The number of aliphatic carboxylic acids is 1. The molecule has 0 aliphatic heterocycles. The minimum Gasteiger partial charge on any atom is -0.481 e. The summed E-state index contributed by atoms with van der Waals surface area (Å²) in [6, 6.07) is 6.04. The van der Waals surface area contributed by atoms with Crippen molar-refractivity contribution < 1.29 is 14.7 Å². The second-order valence-electron chi connectivity index (χ2n) is 5.19. The maximum atomic E-state index is 11.6. The highest BCUT2D eigenvalue weighted by molar-refractivity contribution is 5.84. The molecule has 2 atom stereocenters. The summed E-state index contributed by atoms with van der Waals surface area (Å²) in [5.74, 6) is -1.20. The molecule has 0 aromatic heterocycles. The average molecular weight is 246 g/mol. The largest absolute Gasteiger partial charge is 0.481 e. The Morgan fingerprint density at radius 3 is 2.72 bits per heavy atom. The van der Waals surface area contributed by atoms with Crippen LogP contribution in [0, 0.1) is 19.8 Å². The minimum absolute atomic E-state index is 0.163. The first-order chi connectivity index (χ1) is 8.49. The van der Waals surface area contributed by atoms with Gasteiger partial charge in [0, 0.05) is 18.8 Å². The van der Waals surface area contributed by atoms with Gasteiger partial charge in [-0.15, -0.1) is 0 Å². The Labute approximate surface area is 107 Å². The highest BCUT2D eigenvalue weighted by Gasteiger charge is 2.35. The van der Waals surface area contributed by atoms with Gasteiger partial charge in [-0.25, -0.2) is 0 Å². The second-order valence-corrected chi connectivity index (χ2v) is 5.19. The van der Waals surface area contributed by atoms with E-state index in [0.717, 1.165) is 16.7 Å². The van der Waals surface area contributed by atoms with Crippen LogP contribution in [-0.4, -0.2) is 16.9 Å². The smallest absolute Gasteiger partial charge is 0.307 e. The zero-order chi connectivity index (χ0) is 13.3. The molecule has 1 N–H and O–H groups in total. The van der Waals surface area contributed by atoms with E-state index in [0.29, 0.717) is 19.3 Å². The number of rotatable bonds is 2. The zero-order valence-electron chi connectivity index (χ0n) is 10.8. The third-order valence-electron chi connectivity index (χ3n) is 3.82. The van der Waals surface area contributed by atoms with Gasteiger partial charge in [0.05, 0.1) is 5.92 Å². The predicted molar refractivity (Wildman–Crippen MR) is 68.6 cm³/mol. The number of carbonyl (C=O) groups is 2. The molecule has 0 amide bonds. The highest BCUT2D eigenvalue weighted by atomic mass is 16.4. The SMILES string of the molecule is Cc1ccc(C)c(C2CC(=O)CCC2C(=O)O)c1. The molecule has 3 nitrogen and oxygen atoms in total. The van der Waals surface area contributed by atoms with Crippen molar-refractivity contribution in [3.63, 3.8) is 0 Å². The van der Waals surface area contributed by atoms with Crippen LogP contribution in [0.25, 0.3) is 0 Å². The van der Waals surface area contributed by atoms with Crippen LogP contribution in [0.15, 0.2) is 18.2 Å². The first-order valence-electron chi connectivity index (χ1n) is 6.30.